The minimum absolute atomic E-state index is 0.142. The fourth-order valence-electron chi connectivity index (χ4n) is 3.71. The van der Waals surface area contributed by atoms with Crippen LogP contribution in [0.2, 0.25) is 0 Å². The minimum Gasteiger partial charge on any atom is -0.497 e. The third-order valence-corrected chi connectivity index (χ3v) is 6.03. The SMILES string of the molecule is COc1cccc(NC(=S)Nc2ccc3c(c2)C(C)(C)CC(C)(C)S3)c1. The molecule has 138 valence electrons. The van der Waals surface area contributed by atoms with Crippen LogP contribution in [0.5, 0.6) is 5.75 Å². The number of ether oxygens (including phenoxy) is 1. The lowest BCUT2D eigenvalue weighted by atomic mass is 9.77. The summed E-state index contributed by atoms with van der Waals surface area (Å²) in [5.41, 5.74) is 3.44. The van der Waals surface area contributed by atoms with Crippen molar-refractivity contribution >= 4 is 40.5 Å². The molecule has 0 aliphatic carbocycles. The van der Waals surface area contributed by atoms with Gasteiger partial charge in [0.15, 0.2) is 5.11 Å². The van der Waals surface area contributed by atoms with Gasteiger partial charge in [0.1, 0.15) is 5.75 Å². The number of fused-ring (bicyclic) bond motifs is 1. The van der Waals surface area contributed by atoms with Crippen LogP contribution < -0.4 is 15.4 Å². The Bertz CT molecular complexity index is 831. The maximum absolute atomic E-state index is 5.48. The van der Waals surface area contributed by atoms with E-state index in [1.54, 1.807) is 7.11 Å². The zero-order valence-electron chi connectivity index (χ0n) is 16.0. The van der Waals surface area contributed by atoms with Crippen LogP contribution in [0, 0.1) is 0 Å². The summed E-state index contributed by atoms with van der Waals surface area (Å²) in [7, 11) is 1.66. The van der Waals surface area contributed by atoms with E-state index in [-0.39, 0.29) is 10.2 Å². The van der Waals surface area contributed by atoms with E-state index >= 15 is 0 Å². The second-order valence-electron chi connectivity index (χ2n) is 7.94. The van der Waals surface area contributed by atoms with Crippen LogP contribution in [0.25, 0.3) is 0 Å². The van der Waals surface area contributed by atoms with Gasteiger partial charge in [-0.15, -0.1) is 11.8 Å². The number of benzene rings is 2. The van der Waals surface area contributed by atoms with Gasteiger partial charge in [-0.25, -0.2) is 0 Å². The van der Waals surface area contributed by atoms with E-state index in [9.17, 15) is 0 Å². The van der Waals surface area contributed by atoms with E-state index in [1.807, 2.05) is 36.0 Å². The van der Waals surface area contributed by atoms with Gasteiger partial charge in [0.2, 0.25) is 0 Å². The second kappa shape index (κ2) is 7.12. The molecule has 3 nitrogen and oxygen atoms in total. The summed E-state index contributed by atoms with van der Waals surface area (Å²) in [4.78, 5) is 1.36. The molecule has 0 atom stereocenters. The molecule has 0 aromatic heterocycles. The average molecular weight is 387 g/mol. The summed E-state index contributed by atoms with van der Waals surface area (Å²) in [6, 6.07) is 14.3. The zero-order chi connectivity index (χ0) is 18.9. The van der Waals surface area contributed by atoms with Crippen LogP contribution in [0.4, 0.5) is 11.4 Å². The standard InChI is InChI=1S/C21H26N2OS2/c1-20(2)13-21(3,4)26-18-10-9-15(12-17(18)20)23-19(25)22-14-7-6-8-16(11-14)24-5/h6-12H,13H2,1-5H3,(H2,22,23,25). The van der Waals surface area contributed by atoms with Gasteiger partial charge in [0.25, 0.3) is 0 Å². The van der Waals surface area contributed by atoms with Crippen molar-refractivity contribution in [2.45, 2.75) is 49.2 Å². The third-order valence-electron chi connectivity index (χ3n) is 4.55. The highest BCUT2D eigenvalue weighted by Gasteiger charge is 2.38. The third kappa shape index (κ3) is 4.33. The summed E-state index contributed by atoms with van der Waals surface area (Å²) in [6.07, 6.45) is 1.15. The number of anilines is 2. The quantitative estimate of drug-likeness (QED) is 0.627. The first-order valence-corrected chi connectivity index (χ1v) is 9.97. The van der Waals surface area contributed by atoms with Gasteiger partial charge < -0.3 is 15.4 Å². The highest BCUT2D eigenvalue weighted by molar-refractivity contribution is 8.00. The summed E-state index contributed by atoms with van der Waals surface area (Å²) < 4.78 is 5.51. The maximum atomic E-state index is 5.48. The normalized spacial score (nSPS) is 17.1. The highest BCUT2D eigenvalue weighted by Crippen LogP contribution is 2.51. The van der Waals surface area contributed by atoms with E-state index in [1.165, 1.54) is 10.5 Å². The molecule has 2 aromatic carbocycles. The Morgan fingerprint density at radius 2 is 1.73 bits per heavy atom. The lowest BCUT2D eigenvalue weighted by Gasteiger charge is -2.41. The van der Waals surface area contributed by atoms with Crippen molar-refractivity contribution in [3.05, 3.63) is 48.0 Å². The van der Waals surface area contributed by atoms with Crippen molar-refractivity contribution in [2.24, 2.45) is 0 Å². The van der Waals surface area contributed by atoms with Crippen LogP contribution in [0.1, 0.15) is 39.7 Å². The fourth-order valence-corrected chi connectivity index (χ4v) is 5.56. The van der Waals surface area contributed by atoms with Gasteiger partial charge in [-0.3, -0.25) is 0 Å². The van der Waals surface area contributed by atoms with Crippen molar-refractivity contribution in [1.29, 1.82) is 0 Å². The number of thioether (sulfide) groups is 1. The molecule has 0 amide bonds. The Labute approximate surface area is 165 Å². The largest absolute Gasteiger partial charge is 0.497 e. The smallest absolute Gasteiger partial charge is 0.175 e. The van der Waals surface area contributed by atoms with E-state index in [0.29, 0.717) is 5.11 Å². The molecule has 2 aromatic rings. The molecule has 0 unspecified atom stereocenters. The first kappa shape index (κ1) is 19.1. The summed E-state index contributed by atoms with van der Waals surface area (Å²) in [5.74, 6) is 0.799. The predicted molar refractivity (Wildman–Crippen MR) is 117 cm³/mol. The molecule has 5 heteroatoms. The van der Waals surface area contributed by atoms with E-state index in [0.717, 1.165) is 23.5 Å². The molecule has 1 heterocycles. The Morgan fingerprint density at radius 1 is 1.04 bits per heavy atom. The fraction of sp³-hybridized carbons (Fsp3) is 0.381. The summed E-state index contributed by atoms with van der Waals surface area (Å²) in [5, 5.41) is 7.09. The van der Waals surface area contributed by atoms with Gasteiger partial charge in [-0.2, -0.15) is 0 Å². The number of hydrogen-bond acceptors (Lipinski definition) is 3. The topological polar surface area (TPSA) is 33.3 Å². The van der Waals surface area contributed by atoms with E-state index in [2.05, 4.69) is 56.5 Å². The molecule has 26 heavy (non-hydrogen) atoms. The Balaban J connectivity index is 1.76. The van der Waals surface area contributed by atoms with Gasteiger partial charge in [-0.1, -0.05) is 33.8 Å². The first-order chi connectivity index (χ1) is 12.2. The molecular weight excluding hydrogens is 360 g/mol. The minimum atomic E-state index is 0.142. The van der Waals surface area contributed by atoms with Crippen LogP contribution in [0.3, 0.4) is 0 Å². The maximum Gasteiger partial charge on any atom is 0.175 e. The molecule has 3 rings (SSSR count). The molecule has 0 fully saturated rings. The molecule has 0 radical (unpaired) electrons. The summed E-state index contributed by atoms with van der Waals surface area (Å²) >= 11 is 7.44. The Hall–Kier alpha value is -1.72. The lowest BCUT2D eigenvalue weighted by Crippen LogP contribution is -2.33. The molecule has 0 spiro atoms. The second-order valence-corrected chi connectivity index (χ2v) is 10.1. The lowest BCUT2D eigenvalue weighted by molar-refractivity contribution is 0.408. The Kier molecular flexibility index (Phi) is 5.22. The van der Waals surface area contributed by atoms with Gasteiger partial charge in [-0.05, 0) is 59.9 Å². The van der Waals surface area contributed by atoms with E-state index in [4.69, 9.17) is 17.0 Å². The molecule has 0 saturated carbocycles. The molecule has 0 bridgehead atoms. The van der Waals surface area contributed by atoms with Crippen molar-refractivity contribution in [3.8, 4) is 5.75 Å². The Morgan fingerprint density at radius 3 is 2.42 bits per heavy atom. The zero-order valence-corrected chi connectivity index (χ0v) is 17.6. The molecule has 1 aliphatic rings. The number of thiocarbonyl (C=S) groups is 1. The van der Waals surface area contributed by atoms with Crippen molar-refractivity contribution < 1.29 is 4.74 Å². The first-order valence-electron chi connectivity index (χ1n) is 8.74. The molecular formula is C21H26N2OS2. The predicted octanol–water partition coefficient (Wildman–Crippen LogP) is 6.06. The molecule has 2 N–H and O–H groups in total. The van der Waals surface area contributed by atoms with Crippen molar-refractivity contribution in [1.82, 2.24) is 0 Å². The summed E-state index contributed by atoms with van der Waals surface area (Å²) in [6.45, 7) is 9.29. The molecule has 1 aliphatic heterocycles. The average Bonchev–Trinajstić information content (AvgIpc) is 2.54. The number of rotatable bonds is 3. The highest BCUT2D eigenvalue weighted by atomic mass is 32.2. The van der Waals surface area contributed by atoms with Crippen LogP contribution in [0.15, 0.2) is 47.4 Å². The molecule has 0 saturated heterocycles. The van der Waals surface area contributed by atoms with Gasteiger partial charge in [0, 0.05) is 27.1 Å². The monoisotopic (exact) mass is 386 g/mol. The van der Waals surface area contributed by atoms with Gasteiger partial charge >= 0.3 is 0 Å². The van der Waals surface area contributed by atoms with E-state index < -0.39 is 0 Å². The van der Waals surface area contributed by atoms with Crippen LogP contribution in [-0.4, -0.2) is 17.0 Å². The van der Waals surface area contributed by atoms with Crippen molar-refractivity contribution in [2.75, 3.05) is 17.7 Å². The number of hydrogen-bond donors (Lipinski definition) is 2. The number of nitrogens with one attached hydrogen (secondary N) is 2. The van der Waals surface area contributed by atoms with Gasteiger partial charge in [0.05, 0.1) is 7.11 Å². The van der Waals surface area contributed by atoms with Crippen molar-refractivity contribution in [3.63, 3.8) is 0 Å². The van der Waals surface area contributed by atoms with Crippen LogP contribution in [-0.2, 0) is 5.41 Å². The van der Waals surface area contributed by atoms with Crippen LogP contribution >= 0.6 is 24.0 Å². The number of methoxy groups -OCH3 is 1.